The summed E-state index contributed by atoms with van der Waals surface area (Å²) < 4.78 is 1.09. The highest BCUT2D eigenvalue weighted by molar-refractivity contribution is 14.1. The third-order valence-electron chi connectivity index (χ3n) is 1.26. The topological polar surface area (TPSA) is 41.6 Å². The zero-order valence-corrected chi connectivity index (χ0v) is 7.16. The lowest BCUT2D eigenvalue weighted by Gasteiger charge is -1.81. The molecule has 0 aromatic carbocycles. The highest BCUT2D eigenvalue weighted by atomic mass is 127. The summed E-state index contributed by atoms with van der Waals surface area (Å²) in [6.07, 6.45) is 3.33. The largest absolute Gasteiger partial charge is 0.335 e. The lowest BCUT2D eigenvalue weighted by atomic mass is 10.4. The van der Waals surface area contributed by atoms with Crippen LogP contribution in [0.2, 0.25) is 0 Å². The minimum atomic E-state index is 0.902. The molecule has 0 unspecified atom stereocenters. The second-order valence-corrected chi connectivity index (χ2v) is 3.11. The van der Waals surface area contributed by atoms with E-state index >= 15 is 0 Å². The molecule has 1 N–H and O–H groups in total. The van der Waals surface area contributed by atoms with Crippen molar-refractivity contribution >= 4 is 33.6 Å². The van der Waals surface area contributed by atoms with Gasteiger partial charge in [-0.1, -0.05) is 0 Å². The van der Waals surface area contributed by atoms with Crippen LogP contribution in [0.25, 0.3) is 11.0 Å². The Balaban J connectivity index is 2.88. The van der Waals surface area contributed by atoms with E-state index in [0.29, 0.717) is 0 Å². The molecule has 50 valence electrons. The average molecular weight is 245 g/mol. The first-order valence-corrected chi connectivity index (χ1v) is 3.88. The van der Waals surface area contributed by atoms with Gasteiger partial charge in [-0.05, 0) is 28.7 Å². The number of hydrogen-bond donors (Lipinski definition) is 1. The summed E-state index contributed by atoms with van der Waals surface area (Å²) in [5.41, 5.74) is 0.902. The van der Waals surface area contributed by atoms with Gasteiger partial charge in [-0.2, -0.15) is 0 Å². The molecule has 0 bridgehead atoms. The number of aromatic amines is 1. The number of halogens is 1. The van der Waals surface area contributed by atoms with E-state index < -0.39 is 0 Å². The van der Waals surface area contributed by atoms with Crippen molar-refractivity contribution in [2.45, 2.75) is 0 Å². The Bertz CT molecular complexity index is 322. The van der Waals surface area contributed by atoms with E-state index in [9.17, 15) is 0 Å². The molecule has 0 radical (unpaired) electrons. The van der Waals surface area contributed by atoms with Crippen LogP contribution in [0.3, 0.4) is 0 Å². The second kappa shape index (κ2) is 2.19. The van der Waals surface area contributed by atoms with Crippen LogP contribution in [0.5, 0.6) is 0 Å². The van der Waals surface area contributed by atoms with Crippen LogP contribution in [0.15, 0.2) is 18.6 Å². The van der Waals surface area contributed by atoms with Gasteiger partial charge >= 0.3 is 0 Å². The molecule has 0 atom stereocenters. The number of nitrogens with one attached hydrogen (secondary N) is 1. The highest BCUT2D eigenvalue weighted by Gasteiger charge is 1.95. The van der Waals surface area contributed by atoms with Gasteiger partial charge in [-0.25, -0.2) is 9.97 Å². The summed E-state index contributed by atoms with van der Waals surface area (Å²) in [6.45, 7) is 0. The van der Waals surface area contributed by atoms with E-state index in [0.717, 1.165) is 14.7 Å². The fourth-order valence-electron chi connectivity index (χ4n) is 0.836. The summed E-state index contributed by atoms with van der Waals surface area (Å²) in [5, 5.41) is 1.06. The standard InChI is InChI=1S/C6H4IN3/c7-5-1-4-2-8-3-9-6(4)10-5/h1-3H,(H,8,9,10). The van der Waals surface area contributed by atoms with Crippen molar-refractivity contribution in [3.63, 3.8) is 0 Å². The van der Waals surface area contributed by atoms with Gasteiger partial charge in [0.25, 0.3) is 0 Å². The lowest BCUT2D eigenvalue weighted by molar-refractivity contribution is 1.20. The molecule has 0 aliphatic heterocycles. The third-order valence-corrected chi connectivity index (χ3v) is 1.84. The maximum Gasteiger partial charge on any atom is 0.141 e. The zero-order valence-electron chi connectivity index (χ0n) is 5.00. The molecular weight excluding hydrogens is 241 g/mol. The second-order valence-electron chi connectivity index (χ2n) is 1.94. The van der Waals surface area contributed by atoms with Crippen LogP contribution < -0.4 is 0 Å². The number of aromatic nitrogens is 3. The van der Waals surface area contributed by atoms with Crippen molar-refractivity contribution in [1.29, 1.82) is 0 Å². The summed E-state index contributed by atoms with van der Waals surface area (Å²) in [7, 11) is 0. The third kappa shape index (κ3) is 0.880. The van der Waals surface area contributed by atoms with Gasteiger partial charge in [-0.3, -0.25) is 0 Å². The van der Waals surface area contributed by atoms with Crippen molar-refractivity contribution in [2.24, 2.45) is 0 Å². The minimum absolute atomic E-state index is 0.902. The molecule has 0 aliphatic carbocycles. The van der Waals surface area contributed by atoms with Gasteiger partial charge < -0.3 is 4.98 Å². The van der Waals surface area contributed by atoms with Gasteiger partial charge in [-0.15, -0.1) is 0 Å². The molecule has 3 nitrogen and oxygen atoms in total. The van der Waals surface area contributed by atoms with Crippen molar-refractivity contribution in [2.75, 3.05) is 0 Å². The van der Waals surface area contributed by atoms with Gasteiger partial charge in [0.05, 0.1) is 3.70 Å². The minimum Gasteiger partial charge on any atom is -0.335 e. The predicted octanol–water partition coefficient (Wildman–Crippen LogP) is 1.56. The maximum atomic E-state index is 4.03. The van der Waals surface area contributed by atoms with Crippen LogP contribution >= 0.6 is 22.6 Å². The molecule has 0 spiro atoms. The zero-order chi connectivity index (χ0) is 6.97. The maximum absolute atomic E-state index is 4.03. The van der Waals surface area contributed by atoms with E-state index in [2.05, 4.69) is 37.5 Å². The summed E-state index contributed by atoms with van der Waals surface area (Å²) in [4.78, 5) is 11.0. The predicted molar refractivity (Wildman–Crippen MR) is 46.6 cm³/mol. The van der Waals surface area contributed by atoms with Crippen LogP contribution in [0.4, 0.5) is 0 Å². The monoisotopic (exact) mass is 245 g/mol. The van der Waals surface area contributed by atoms with Crippen molar-refractivity contribution < 1.29 is 0 Å². The van der Waals surface area contributed by atoms with E-state index in [1.165, 1.54) is 6.33 Å². The number of hydrogen-bond acceptors (Lipinski definition) is 2. The lowest BCUT2D eigenvalue weighted by Crippen LogP contribution is -1.76. The van der Waals surface area contributed by atoms with Crippen molar-refractivity contribution in [1.82, 2.24) is 15.0 Å². The first kappa shape index (κ1) is 6.09. The Morgan fingerprint density at radius 3 is 3.20 bits per heavy atom. The quantitative estimate of drug-likeness (QED) is 0.715. The van der Waals surface area contributed by atoms with Gasteiger partial charge in [0, 0.05) is 11.6 Å². The van der Waals surface area contributed by atoms with Crippen LogP contribution in [0.1, 0.15) is 0 Å². The molecule has 0 saturated carbocycles. The summed E-state index contributed by atoms with van der Waals surface area (Å²) >= 11 is 2.21. The van der Waals surface area contributed by atoms with Gasteiger partial charge in [0.2, 0.25) is 0 Å². The Morgan fingerprint density at radius 1 is 1.50 bits per heavy atom. The average Bonchev–Trinajstić information content (AvgIpc) is 2.27. The van der Waals surface area contributed by atoms with E-state index in [1.807, 2.05) is 6.07 Å². The van der Waals surface area contributed by atoms with Crippen molar-refractivity contribution in [3.05, 3.63) is 22.3 Å². The number of rotatable bonds is 0. The molecular formula is C6H4IN3. The molecule has 0 amide bonds. The van der Waals surface area contributed by atoms with Crippen LogP contribution in [0, 0.1) is 3.70 Å². The van der Waals surface area contributed by atoms with E-state index in [4.69, 9.17) is 0 Å². The Hall–Kier alpha value is -0.650. The molecule has 4 heteroatoms. The molecule has 2 aromatic rings. The Labute approximate surface area is 71.0 Å². The van der Waals surface area contributed by atoms with Crippen LogP contribution in [-0.2, 0) is 0 Å². The van der Waals surface area contributed by atoms with Crippen LogP contribution in [-0.4, -0.2) is 15.0 Å². The number of fused-ring (bicyclic) bond motifs is 1. The van der Waals surface area contributed by atoms with E-state index in [-0.39, 0.29) is 0 Å². The summed E-state index contributed by atoms with van der Waals surface area (Å²) in [6, 6.07) is 2.01. The smallest absolute Gasteiger partial charge is 0.141 e. The molecule has 2 heterocycles. The van der Waals surface area contributed by atoms with E-state index in [1.54, 1.807) is 6.20 Å². The van der Waals surface area contributed by atoms with Crippen molar-refractivity contribution in [3.8, 4) is 0 Å². The molecule has 2 aromatic heterocycles. The molecule has 2 rings (SSSR count). The summed E-state index contributed by atoms with van der Waals surface area (Å²) in [5.74, 6) is 0. The van der Waals surface area contributed by atoms with Gasteiger partial charge in [0.15, 0.2) is 0 Å². The molecule has 10 heavy (non-hydrogen) atoms. The first-order chi connectivity index (χ1) is 4.86. The normalized spacial score (nSPS) is 10.5. The molecule has 0 saturated heterocycles. The highest BCUT2D eigenvalue weighted by Crippen LogP contribution is 2.11. The fourth-order valence-corrected chi connectivity index (χ4v) is 1.43. The van der Waals surface area contributed by atoms with Gasteiger partial charge in [0.1, 0.15) is 12.0 Å². The molecule has 0 fully saturated rings. The Morgan fingerprint density at radius 2 is 2.40 bits per heavy atom. The Kier molecular flexibility index (Phi) is 1.33. The SMILES string of the molecule is Ic1cc2cncnc2[nH]1. The first-order valence-electron chi connectivity index (χ1n) is 2.80. The number of H-pyrrole nitrogens is 1. The fraction of sp³-hybridized carbons (Fsp3) is 0. The number of nitrogens with zero attached hydrogens (tertiary/aromatic N) is 2. The molecule has 0 aliphatic rings.